The third-order valence-corrected chi connectivity index (χ3v) is 2.82. The first-order chi connectivity index (χ1) is 9.74. The van der Waals surface area contributed by atoms with Gasteiger partial charge in [0.15, 0.2) is 0 Å². The van der Waals surface area contributed by atoms with E-state index < -0.39 is 0 Å². The van der Waals surface area contributed by atoms with Crippen LogP contribution in [0.5, 0.6) is 0 Å². The van der Waals surface area contributed by atoms with E-state index >= 15 is 0 Å². The highest BCUT2D eigenvalue weighted by Gasteiger charge is 2.10. The lowest BCUT2D eigenvalue weighted by Gasteiger charge is -2.06. The maximum absolute atomic E-state index is 12.1. The molecule has 0 fully saturated rings. The summed E-state index contributed by atoms with van der Waals surface area (Å²) in [7, 11) is 0. The summed E-state index contributed by atoms with van der Waals surface area (Å²) in [6, 6.07) is 8.49. The molecule has 0 aliphatic heterocycles. The highest BCUT2D eigenvalue weighted by atomic mass is 16.2. The molecule has 100 valence electrons. The van der Waals surface area contributed by atoms with Gasteiger partial charge in [0.2, 0.25) is 0 Å². The Labute approximate surface area is 113 Å². The minimum Gasteiger partial charge on any atom is -0.345 e. The fourth-order valence-electron chi connectivity index (χ4n) is 1.89. The molecule has 0 aliphatic rings. The van der Waals surface area contributed by atoms with Crippen molar-refractivity contribution in [3.05, 3.63) is 64.6 Å². The Morgan fingerprint density at radius 3 is 3.10 bits per heavy atom. The molecule has 0 atom stereocenters. The van der Waals surface area contributed by atoms with Crippen molar-refractivity contribution in [2.45, 2.75) is 6.54 Å². The number of fused-ring (bicyclic) bond motifs is 1. The van der Waals surface area contributed by atoms with Crippen molar-refractivity contribution in [2.24, 2.45) is 0 Å². The topological polar surface area (TPSA) is 92.1 Å². The molecule has 0 saturated heterocycles. The van der Waals surface area contributed by atoms with Gasteiger partial charge in [0.25, 0.3) is 11.5 Å². The molecule has 0 spiro atoms. The van der Waals surface area contributed by atoms with Crippen LogP contribution >= 0.6 is 0 Å². The predicted octanol–water partition coefficient (Wildman–Crippen LogP) is 0.348. The van der Waals surface area contributed by atoms with Crippen LogP contribution in [-0.2, 0) is 6.54 Å². The largest absolute Gasteiger partial charge is 0.345 e. The van der Waals surface area contributed by atoms with E-state index in [-0.39, 0.29) is 18.0 Å². The van der Waals surface area contributed by atoms with Gasteiger partial charge in [0, 0.05) is 6.07 Å². The summed E-state index contributed by atoms with van der Waals surface area (Å²) >= 11 is 0. The quantitative estimate of drug-likeness (QED) is 0.717. The van der Waals surface area contributed by atoms with Crippen molar-refractivity contribution in [3.8, 4) is 0 Å². The van der Waals surface area contributed by atoms with Crippen molar-refractivity contribution >= 4 is 11.4 Å². The minimum atomic E-state index is -0.276. The molecule has 3 aromatic rings. The summed E-state index contributed by atoms with van der Waals surface area (Å²) in [4.78, 5) is 29.6. The molecule has 0 bridgehead atoms. The van der Waals surface area contributed by atoms with Gasteiger partial charge < -0.3 is 10.3 Å². The molecule has 3 rings (SSSR count). The molecule has 7 nitrogen and oxygen atoms in total. The zero-order chi connectivity index (χ0) is 13.9. The highest BCUT2D eigenvalue weighted by molar-refractivity contribution is 5.93. The van der Waals surface area contributed by atoms with E-state index in [1.807, 2.05) is 12.1 Å². The van der Waals surface area contributed by atoms with Gasteiger partial charge in [-0.15, -0.1) is 0 Å². The van der Waals surface area contributed by atoms with Crippen molar-refractivity contribution < 1.29 is 4.79 Å². The summed E-state index contributed by atoms with van der Waals surface area (Å²) in [6.45, 7) is 0.181. The van der Waals surface area contributed by atoms with Crippen LogP contribution in [-0.4, -0.2) is 25.5 Å². The van der Waals surface area contributed by atoms with Crippen LogP contribution in [0.15, 0.2) is 47.7 Å². The monoisotopic (exact) mass is 269 g/mol. The fourth-order valence-corrected chi connectivity index (χ4v) is 1.89. The summed E-state index contributed by atoms with van der Waals surface area (Å²) in [5.74, 6) is -0.276. The molecule has 0 aromatic carbocycles. The third kappa shape index (κ3) is 2.28. The van der Waals surface area contributed by atoms with Crippen LogP contribution in [0.4, 0.5) is 0 Å². The lowest BCUT2D eigenvalue weighted by Crippen LogP contribution is -2.26. The Balaban J connectivity index is 1.80. The molecule has 7 heteroatoms. The highest BCUT2D eigenvalue weighted by Crippen LogP contribution is 2.06. The normalized spacial score (nSPS) is 10.6. The lowest BCUT2D eigenvalue weighted by molar-refractivity contribution is 0.0943. The van der Waals surface area contributed by atoms with Gasteiger partial charge in [-0.2, -0.15) is 5.10 Å². The molecule has 0 saturated carbocycles. The summed E-state index contributed by atoms with van der Waals surface area (Å²) in [5.41, 5.74) is 1.51. The summed E-state index contributed by atoms with van der Waals surface area (Å²) in [5, 5.41) is 6.80. The minimum absolute atomic E-state index is 0.181. The first-order valence-corrected chi connectivity index (χ1v) is 5.98. The van der Waals surface area contributed by atoms with Gasteiger partial charge in [-0.1, -0.05) is 6.07 Å². The van der Waals surface area contributed by atoms with E-state index in [1.54, 1.807) is 22.8 Å². The Morgan fingerprint density at radius 2 is 2.25 bits per heavy atom. The van der Waals surface area contributed by atoms with Crippen molar-refractivity contribution in [1.29, 1.82) is 0 Å². The maximum atomic E-state index is 12.1. The average Bonchev–Trinajstić information content (AvgIpc) is 2.93. The van der Waals surface area contributed by atoms with Gasteiger partial charge in [0.05, 0.1) is 30.3 Å². The van der Waals surface area contributed by atoms with E-state index in [0.29, 0.717) is 11.4 Å². The predicted molar refractivity (Wildman–Crippen MR) is 71.2 cm³/mol. The fraction of sp³-hybridized carbons (Fsp3) is 0.0769. The standard InChI is InChI=1S/C13H11N5O2/c19-12-6-9(15-8-16-12)7-14-13(20)11-3-1-2-10-4-5-17-18(10)11/h1-6,8H,7H2,(H,14,20)(H,15,16,19). The SMILES string of the molecule is O=C(NCc1cc(=O)[nH]cn1)c1cccc2ccnn12. The number of carbonyl (C=O) groups is 1. The second kappa shape index (κ2) is 4.96. The van der Waals surface area contributed by atoms with Gasteiger partial charge in [0.1, 0.15) is 5.69 Å². The number of amides is 1. The van der Waals surface area contributed by atoms with Gasteiger partial charge in [-0.25, -0.2) is 9.50 Å². The zero-order valence-corrected chi connectivity index (χ0v) is 10.4. The number of aromatic nitrogens is 4. The Morgan fingerprint density at radius 1 is 1.35 bits per heavy atom. The molecule has 3 heterocycles. The second-order valence-electron chi connectivity index (χ2n) is 4.16. The van der Waals surface area contributed by atoms with Crippen molar-refractivity contribution in [2.75, 3.05) is 0 Å². The third-order valence-electron chi connectivity index (χ3n) is 2.82. The molecular formula is C13H11N5O2. The first-order valence-electron chi connectivity index (χ1n) is 5.98. The molecule has 0 radical (unpaired) electrons. The van der Waals surface area contributed by atoms with E-state index in [4.69, 9.17) is 0 Å². The molecule has 20 heavy (non-hydrogen) atoms. The van der Waals surface area contributed by atoms with Gasteiger partial charge >= 0.3 is 0 Å². The number of carbonyl (C=O) groups excluding carboxylic acids is 1. The van der Waals surface area contributed by atoms with Crippen LogP contribution in [0, 0.1) is 0 Å². The lowest BCUT2D eigenvalue weighted by atomic mass is 10.3. The van der Waals surface area contributed by atoms with Crippen molar-refractivity contribution in [1.82, 2.24) is 24.9 Å². The number of aromatic amines is 1. The number of rotatable bonds is 3. The Kier molecular flexibility index (Phi) is 3.00. The smallest absolute Gasteiger partial charge is 0.270 e. The van der Waals surface area contributed by atoms with Crippen LogP contribution < -0.4 is 10.9 Å². The maximum Gasteiger partial charge on any atom is 0.270 e. The van der Waals surface area contributed by atoms with Gasteiger partial charge in [-0.3, -0.25) is 9.59 Å². The van der Waals surface area contributed by atoms with E-state index in [0.717, 1.165) is 5.52 Å². The molecule has 2 N–H and O–H groups in total. The second-order valence-corrected chi connectivity index (χ2v) is 4.16. The number of hydrogen-bond acceptors (Lipinski definition) is 4. The molecule has 1 amide bonds. The van der Waals surface area contributed by atoms with Crippen LogP contribution in [0.1, 0.15) is 16.2 Å². The summed E-state index contributed by atoms with van der Waals surface area (Å²) < 4.78 is 1.56. The zero-order valence-electron chi connectivity index (χ0n) is 10.4. The molecule has 0 aliphatic carbocycles. The van der Waals surface area contributed by atoms with E-state index in [1.165, 1.54) is 12.4 Å². The summed E-state index contributed by atoms with van der Waals surface area (Å²) in [6.07, 6.45) is 2.93. The Hall–Kier alpha value is -2.96. The number of hydrogen-bond donors (Lipinski definition) is 2. The number of pyridine rings is 1. The van der Waals surface area contributed by atoms with Crippen LogP contribution in [0.2, 0.25) is 0 Å². The molecular weight excluding hydrogens is 258 g/mol. The molecule has 0 unspecified atom stereocenters. The van der Waals surface area contributed by atoms with Crippen LogP contribution in [0.25, 0.3) is 5.52 Å². The van der Waals surface area contributed by atoms with E-state index in [2.05, 4.69) is 20.4 Å². The first kappa shape index (κ1) is 12.1. The average molecular weight is 269 g/mol. The molecule has 3 aromatic heterocycles. The number of H-pyrrole nitrogens is 1. The number of nitrogens with zero attached hydrogens (tertiary/aromatic N) is 3. The number of nitrogens with one attached hydrogen (secondary N) is 2. The van der Waals surface area contributed by atoms with Crippen molar-refractivity contribution in [3.63, 3.8) is 0 Å². The van der Waals surface area contributed by atoms with E-state index in [9.17, 15) is 9.59 Å². The van der Waals surface area contributed by atoms with Gasteiger partial charge in [-0.05, 0) is 18.2 Å². The van der Waals surface area contributed by atoms with Crippen LogP contribution in [0.3, 0.4) is 0 Å². The Bertz CT molecular complexity index is 820.